The average molecular weight is 314 g/mol. The van der Waals surface area contributed by atoms with Crippen molar-refractivity contribution in [2.45, 2.75) is 20.8 Å². The molecule has 0 aromatic heterocycles. The summed E-state index contributed by atoms with van der Waals surface area (Å²) in [5.74, 6) is -1.12. The summed E-state index contributed by atoms with van der Waals surface area (Å²) in [7, 11) is 0. The Balaban J connectivity index is 2.12. The Hall–Kier alpha value is -2.69. The van der Waals surface area contributed by atoms with Crippen molar-refractivity contribution in [1.82, 2.24) is 0 Å². The van der Waals surface area contributed by atoms with Crippen LogP contribution in [0, 0.1) is 19.7 Å². The van der Waals surface area contributed by atoms with Crippen LogP contribution < -0.4 is 10.2 Å². The zero-order valence-electron chi connectivity index (χ0n) is 13.4. The number of carbonyl (C=O) groups excluding carboxylic acids is 2. The number of hydrogen-bond donors (Lipinski definition) is 1. The van der Waals surface area contributed by atoms with Crippen molar-refractivity contribution in [1.29, 1.82) is 0 Å². The van der Waals surface area contributed by atoms with Crippen LogP contribution in [-0.4, -0.2) is 18.4 Å². The van der Waals surface area contributed by atoms with E-state index in [9.17, 15) is 14.0 Å². The second-order valence-electron chi connectivity index (χ2n) is 5.43. The molecule has 0 saturated heterocycles. The van der Waals surface area contributed by atoms with Crippen LogP contribution >= 0.6 is 0 Å². The smallest absolute Gasteiger partial charge is 0.244 e. The van der Waals surface area contributed by atoms with Gasteiger partial charge in [0.15, 0.2) is 0 Å². The number of rotatable bonds is 4. The van der Waals surface area contributed by atoms with E-state index in [-0.39, 0.29) is 18.4 Å². The van der Waals surface area contributed by atoms with Crippen molar-refractivity contribution < 1.29 is 14.0 Å². The summed E-state index contributed by atoms with van der Waals surface area (Å²) in [6.07, 6.45) is 0. The first-order chi connectivity index (χ1) is 10.9. The molecule has 2 aromatic carbocycles. The van der Waals surface area contributed by atoms with Gasteiger partial charge in [0.1, 0.15) is 12.4 Å². The SMILES string of the molecule is CC(=O)N(CC(=O)Nc1ccc(C)c(C)c1)c1cccc(F)c1. The first kappa shape index (κ1) is 16.7. The van der Waals surface area contributed by atoms with Crippen molar-refractivity contribution >= 4 is 23.2 Å². The highest BCUT2D eigenvalue weighted by Gasteiger charge is 2.16. The Labute approximate surface area is 134 Å². The number of carbonyl (C=O) groups is 2. The Morgan fingerprint density at radius 2 is 1.83 bits per heavy atom. The van der Waals surface area contributed by atoms with Crippen LogP contribution in [0.25, 0.3) is 0 Å². The number of benzene rings is 2. The fourth-order valence-electron chi connectivity index (χ4n) is 2.19. The van der Waals surface area contributed by atoms with Gasteiger partial charge in [-0.3, -0.25) is 9.59 Å². The normalized spacial score (nSPS) is 10.3. The molecule has 5 heteroatoms. The van der Waals surface area contributed by atoms with Crippen LogP contribution in [0.15, 0.2) is 42.5 Å². The van der Waals surface area contributed by atoms with Gasteiger partial charge in [-0.15, -0.1) is 0 Å². The monoisotopic (exact) mass is 314 g/mol. The largest absolute Gasteiger partial charge is 0.325 e. The fraction of sp³-hybridized carbons (Fsp3) is 0.222. The van der Waals surface area contributed by atoms with E-state index in [0.717, 1.165) is 11.1 Å². The Morgan fingerprint density at radius 3 is 2.43 bits per heavy atom. The molecule has 0 fully saturated rings. The zero-order chi connectivity index (χ0) is 17.0. The maximum atomic E-state index is 13.3. The average Bonchev–Trinajstić information content (AvgIpc) is 2.48. The summed E-state index contributed by atoms with van der Waals surface area (Å²) in [6, 6.07) is 11.2. The lowest BCUT2D eigenvalue weighted by Crippen LogP contribution is -2.36. The zero-order valence-corrected chi connectivity index (χ0v) is 13.4. The second kappa shape index (κ2) is 7.05. The van der Waals surface area contributed by atoms with E-state index < -0.39 is 5.82 Å². The number of amides is 2. The number of aryl methyl sites for hydroxylation is 2. The minimum atomic E-state index is -0.455. The van der Waals surface area contributed by atoms with Crippen molar-refractivity contribution in [3.63, 3.8) is 0 Å². The number of hydrogen-bond acceptors (Lipinski definition) is 2. The van der Waals surface area contributed by atoms with Gasteiger partial charge in [-0.25, -0.2) is 4.39 Å². The van der Waals surface area contributed by atoms with E-state index >= 15 is 0 Å². The molecule has 4 nitrogen and oxygen atoms in total. The minimum Gasteiger partial charge on any atom is -0.325 e. The first-order valence-corrected chi connectivity index (χ1v) is 7.27. The standard InChI is InChI=1S/C18H19FN2O2/c1-12-7-8-16(9-13(12)2)20-18(23)11-21(14(3)22)17-6-4-5-15(19)10-17/h4-10H,11H2,1-3H3,(H,20,23). The van der Waals surface area contributed by atoms with Gasteiger partial charge >= 0.3 is 0 Å². The first-order valence-electron chi connectivity index (χ1n) is 7.27. The van der Waals surface area contributed by atoms with E-state index in [2.05, 4.69) is 5.32 Å². The molecule has 120 valence electrons. The lowest BCUT2D eigenvalue weighted by molar-refractivity contribution is -0.120. The van der Waals surface area contributed by atoms with Gasteiger partial charge in [-0.1, -0.05) is 12.1 Å². The highest BCUT2D eigenvalue weighted by atomic mass is 19.1. The molecule has 0 aliphatic rings. The molecule has 1 N–H and O–H groups in total. The van der Waals surface area contributed by atoms with E-state index in [1.54, 1.807) is 12.1 Å². The van der Waals surface area contributed by atoms with Crippen LogP contribution in [0.4, 0.5) is 15.8 Å². The van der Waals surface area contributed by atoms with Crippen molar-refractivity contribution in [3.05, 3.63) is 59.4 Å². The molecule has 23 heavy (non-hydrogen) atoms. The second-order valence-corrected chi connectivity index (χ2v) is 5.43. The fourth-order valence-corrected chi connectivity index (χ4v) is 2.19. The molecule has 2 aromatic rings. The Bertz CT molecular complexity index is 744. The highest BCUT2D eigenvalue weighted by Crippen LogP contribution is 2.17. The summed E-state index contributed by atoms with van der Waals surface area (Å²) in [6.45, 7) is 5.11. The van der Waals surface area contributed by atoms with Gasteiger partial charge < -0.3 is 10.2 Å². The third-order valence-corrected chi connectivity index (χ3v) is 3.59. The molecule has 0 heterocycles. The molecule has 0 saturated carbocycles. The van der Waals surface area contributed by atoms with Gasteiger partial charge in [0.2, 0.25) is 11.8 Å². The molecule has 0 spiro atoms. The molecule has 0 atom stereocenters. The number of anilines is 2. The third kappa shape index (κ3) is 4.39. The van der Waals surface area contributed by atoms with Crippen LogP contribution in [0.5, 0.6) is 0 Å². The molecule has 0 aliphatic carbocycles. The lowest BCUT2D eigenvalue weighted by atomic mass is 10.1. The van der Waals surface area contributed by atoms with Gasteiger partial charge in [0.05, 0.1) is 0 Å². The molecular formula is C18H19FN2O2. The molecule has 0 unspecified atom stereocenters. The number of halogens is 1. The third-order valence-electron chi connectivity index (χ3n) is 3.59. The Morgan fingerprint density at radius 1 is 1.09 bits per heavy atom. The summed E-state index contributed by atoms with van der Waals surface area (Å²) >= 11 is 0. The topological polar surface area (TPSA) is 49.4 Å². The van der Waals surface area contributed by atoms with Crippen LogP contribution in [-0.2, 0) is 9.59 Å². The predicted molar refractivity (Wildman–Crippen MR) is 89.0 cm³/mol. The molecular weight excluding hydrogens is 295 g/mol. The van der Waals surface area contributed by atoms with E-state index in [1.807, 2.05) is 26.0 Å². The summed E-state index contributed by atoms with van der Waals surface area (Å²) < 4.78 is 13.3. The van der Waals surface area contributed by atoms with Gasteiger partial charge in [-0.05, 0) is 55.3 Å². The van der Waals surface area contributed by atoms with Crippen molar-refractivity contribution in [2.24, 2.45) is 0 Å². The molecule has 0 radical (unpaired) electrons. The quantitative estimate of drug-likeness (QED) is 0.940. The lowest BCUT2D eigenvalue weighted by Gasteiger charge is -2.20. The predicted octanol–water partition coefficient (Wildman–Crippen LogP) is 3.43. The Kier molecular flexibility index (Phi) is 5.11. The van der Waals surface area contributed by atoms with Crippen LogP contribution in [0.3, 0.4) is 0 Å². The highest BCUT2D eigenvalue weighted by molar-refractivity contribution is 6.01. The summed E-state index contributed by atoms with van der Waals surface area (Å²) in [5, 5.41) is 2.75. The van der Waals surface area contributed by atoms with Gasteiger partial charge in [0, 0.05) is 18.3 Å². The molecule has 2 rings (SSSR count). The van der Waals surface area contributed by atoms with E-state index in [4.69, 9.17) is 0 Å². The van der Waals surface area contributed by atoms with Gasteiger partial charge in [0.25, 0.3) is 0 Å². The number of nitrogens with zero attached hydrogens (tertiary/aromatic N) is 1. The minimum absolute atomic E-state index is 0.175. The van der Waals surface area contributed by atoms with Crippen LogP contribution in [0.2, 0.25) is 0 Å². The molecule has 2 amide bonds. The maximum Gasteiger partial charge on any atom is 0.244 e. The number of nitrogens with one attached hydrogen (secondary N) is 1. The van der Waals surface area contributed by atoms with Gasteiger partial charge in [-0.2, -0.15) is 0 Å². The maximum absolute atomic E-state index is 13.3. The molecule has 0 bridgehead atoms. The summed E-state index contributed by atoms with van der Waals surface area (Å²) in [4.78, 5) is 25.2. The van der Waals surface area contributed by atoms with Crippen molar-refractivity contribution in [2.75, 3.05) is 16.8 Å². The summed E-state index contributed by atoms with van der Waals surface area (Å²) in [5.41, 5.74) is 3.22. The van der Waals surface area contributed by atoms with E-state index in [0.29, 0.717) is 11.4 Å². The molecule has 0 aliphatic heterocycles. The van der Waals surface area contributed by atoms with Crippen LogP contribution in [0.1, 0.15) is 18.1 Å². The van der Waals surface area contributed by atoms with E-state index in [1.165, 1.54) is 30.0 Å². The van der Waals surface area contributed by atoms with Crippen molar-refractivity contribution in [3.8, 4) is 0 Å².